The Kier molecular flexibility index (Phi) is 5.32. The minimum atomic E-state index is -0.655. The molecule has 6 nitrogen and oxygen atoms in total. The first-order valence-corrected chi connectivity index (χ1v) is 8.61. The second-order valence-electron chi connectivity index (χ2n) is 5.98. The van der Waals surface area contributed by atoms with Crippen molar-refractivity contribution in [3.63, 3.8) is 0 Å². The van der Waals surface area contributed by atoms with Gasteiger partial charge in [-0.1, -0.05) is 24.3 Å². The fraction of sp³-hybridized carbons (Fsp3) is 0.238. The summed E-state index contributed by atoms with van der Waals surface area (Å²) in [7, 11) is 1.55. The Balaban J connectivity index is 2.20. The number of aromatic nitrogens is 1. The van der Waals surface area contributed by atoms with Gasteiger partial charge in [0.15, 0.2) is 11.5 Å². The first kappa shape index (κ1) is 18.3. The van der Waals surface area contributed by atoms with E-state index in [2.05, 4.69) is 6.07 Å². The Morgan fingerprint density at radius 1 is 1.19 bits per heavy atom. The Bertz CT molecular complexity index is 1070. The molecule has 0 aliphatic heterocycles. The summed E-state index contributed by atoms with van der Waals surface area (Å²) < 4.78 is 12.2. The molecule has 0 fully saturated rings. The molecule has 0 amide bonds. The van der Waals surface area contributed by atoms with Gasteiger partial charge >= 0.3 is 0 Å². The highest BCUT2D eigenvalue weighted by molar-refractivity contribution is 5.86. The van der Waals surface area contributed by atoms with E-state index in [1.54, 1.807) is 49.6 Å². The molecule has 0 saturated heterocycles. The van der Waals surface area contributed by atoms with Crippen molar-refractivity contribution in [2.75, 3.05) is 13.7 Å². The molecule has 2 aromatic carbocycles. The van der Waals surface area contributed by atoms with Crippen molar-refractivity contribution in [2.45, 2.75) is 19.4 Å². The van der Waals surface area contributed by atoms with Crippen molar-refractivity contribution < 1.29 is 14.6 Å². The predicted molar refractivity (Wildman–Crippen MR) is 102 cm³/mol. The van der Waals surface area contributed by atoms with E-state index in [0.717, 1.165) is 0 Å². The third kappa shape index (κ3) is 3.44. The maximum Gasteiger partial charge on any atom is 0.254 e. The molecule has 0 spiro atoms. The molecule has 0 saturated carbocycles. The fourth-order valence-electron chi connectivity index (χ4n) is 3.18. The highest BCUT2D eigenvalue weighted by atomic mass is 16.5. The summed E-state index contributed by atoms with van der Waals surface area (Å²) in [5.74, 6) is 0.923. The number of nitriles is 1. The third-order valence-electron chi connectivity index (χ3n) is 4.41. The van der Waals surface area contributed by atoms with Gasteiger partial charge in [-0.15, -0.1) is 0 Å². The summed E-state index contributed by atoms with van der Waals surface area (Å²) >= 11 is 0. The van der Waals surface area contributed by atoms with Crippen LogP contribution < -0.4 is 15.0 Å². The zero-order valence-corrected chi connectivity index (χ0v) is 15.2. The molecule has 3 rings (SSSR count). The van der Waals surface area contributed by atoms with Crippen LogP contribution in [0.15, 0.2) is 53.3 Å². The smallest absolute Gasteiger partial charge is 0.254 e. The Morgan fingerprint density at radius 3 is 2.67 bits per heavy atom. The van der Waals surface area contributed by atoms with Crippen LogP contribution >= 0.6 is 0 Å². The van der Waals surface area contributed by atoms with Gasteiger partial charge in [-0.3, -0.25) is 9.36 Å². The summed E-state index contributed by atoms with van der Waals surface area (Å²) in [5, 5.41) is 21.3. The van der Waals surface area contributed by atoms with Crippen LogP contribution in [0.3, 0.4) is 0 Å². The topological polar surface area (TPSA) is 84.5 Å². The van der Waals surface area contributed by atoms with Crippen LogP contribution in [-0.2, 0) is 0 Å². The highest BCUT2D eigenvalue weighted by Crippen LogP contribution is 2.35. The average molecular weight is 364 g/mol. The maximum atomic E-state index is 12.7. The normalized spacial score (nSPS) is 11.7. The largest absolute Gasteiger partial charge is 0.494 e. The lowest BCUT2D eigenvalue weighted by Gasteiger charge is -2.21. The highest BCUT2D eigenvalue weighted by Gasteiger charge is 2.21. The van der Waals surface area contributed by atoms with E-state index in [0.29, 0.717) is 34.4 Å². The SMILES string of the molecule is CCOc1cc(C(CC#N)n2c(O)c3ccccc3cc2=O)ccc1OC. The Morgan fingerprint density at radius 2 is 1.96 bits per heavy atom. The number of pyridine rings is 1. The standard InChI is InChI=1S/C21H20N2O4/c1-3-27-19-12-15(8-9-18(19)26-2)17(10-11-22)23-20(24)13-14-6-4-5-7-16(14)21(23)25/h4-9,12-13,17,25H,3,10H2,1-2H3. The quantitative estimate of drug-likeness (QED) is 0.722. The average Bonchev–Trinajstić information content (AvgIpc) is 2.67. The molecule has 1 atom stereocenters. The third-order valence-corrected chi connectivity index (χ3v) is 4.41. The van der Waals surface area contributed by atoms with Crippen molar-refractivity contribution in [3.8, 4) is 23.4 Å². The van der Waals surface area contributed by atoms with E-state index < -0.39 is 6.04 Å². The minimum Gasteiger partial charge on any atom is -0.494 e. The van der Waals surface area contributed by atoms with Crippen LogP contribution in [0.2, 0.25) is 0 Å². The number of benzene rings is 2. The molecule has 0 aliphatic carbocycles. The van der Waals surface area contributed by atoms with Gasteiger partial charge in [0.2, 0.25) is 5.88 Å². The molecule has 1 N–H and O–H groups in total. The van der Waals surface area contributed by atoms with Crippen LogP contribution in [0, 0.1) is 11.3 Å². The van der Waals surface area contributed by atoms with Gasteiger partial charge < -0.3 is 14.6 Å². The summed E-state index contributed by atoms with van der Waals surface area (Å²) in [6, 6.07) is 15.2. The molecular formula is C21H20N2O4. The van der Waals surface area contributed by atoms with Gasteiger partial charge in [0, 0.05) is 11.5 Å². The number of ether oxygens (including phenoxy) is 2. The molecule has 138 valence electrons. The van der Waals surface area contributed by atoms with Crippen LogP contribution in [0.1, 0.15) is 24.9 Å². The molecule has 1 unspecified atom stereocenters. The van der Waals surface area contributed by atoms with E-state index in [1.807, 2.05) is 6.92 Å². The summed E-state index contributed by atoms with van der Waals surface area (Å²) in [6.07, 6.45) is 0.0176. The van der Waals surface area contributed by atoms with Crippen molar-refractivity contribution in [3.05, 3.63) is 64.4 Å². The van der Waals surface area contributed by atoms with Gasteiger partial charge in [0.1, 0.15) is 0 Å². The Hall–Kier alpha value is -3.46. The molecule has 3 aromatic rings. The van der Waals surface area contributed by atoms with Gasteiger partial charge in [-0.2, -0.15) is 5.26 Å². The lowest BCUT2D eigenvalue weighted by atomic mass is 10.0. The second kappa shape index (κ2) is 7.83. The Labute approximate surface area is 156 Å². The number of methoxy groups -OCH3 is 1. The van der Waals surface area contributed by atoms with Crippen LogP contribution in [0.4, 0.5) is 0 Å². The molecule has 0 aliphatic rings. The molecule has 6 heteroatoms. The zero-order chi connectivity index (χ0) is 19.4. The van der Waals surface area contributed by atoms with Crippen molar-refractivity contribution in [2.24, 2.45) is 0 Å². The first-order chi connectivity index (χ1) is 13.1. The van der Waals surface area contributed by atoms with Crippen LogP contribution in [-0.4, -0.2) is 23.4 Å². The van der Waals surface area contributed by atoms with Gasteiger partial charge in [0.05, 0.1) is 32.2 Å². The van der Waals surface area contributed by atoms with E-state index in [-0.39, 0.29) is 17.9 Å². The number of nitrogens with zero attached hydrogens (tertiary/aromatic N) is 2. The summed E-state index contributed by atoms with van der Waals surface area (Å²) in [6.45, 7) is 2.31. The first-order valence-electron chi connectivity index (χ1n) is 8.61. The van der Waals surface area contributed by atoms with E-state index >= 15 is 0 Å². The van der Waals surface area contributed by atoms with Crippen molar-refractivity contribution in [1.82, 2.24) is 4.57 Å². The number of fused-ring (bicyclic) bond motifs is 1. The molecule has 0 radical (unpaired) electrons. The van der Waals surface area contributed by atoms with Crippen molar-refractivity contribution >= 4 is 10.8 Å². The van der Waals surface area contributed by atoms with Gasteiger partial charge in [-0.25, -0.2) is 0 Å². The summed E-state index contributed by atoms with van der Waals surface area (Å²) in [4.78, 5) is 12.7. The lowest BCUT2D eigenvalue weighted by molar-refractivity contribution is 0.310. The zero-order valence-electron chi connectivity index (χ0n) is 15.2. The van der Waals surface area contributed by atoms with E-state index in [4.69, 9.17) is 9.47 Å². The number of aromatic hydroxyl groups is 1. The maximum absolute atomic E-state index is 12.7. The van der Waals surface area contributed by atoms with Crippen molar-refractivity contribution in [1.29, 1.82) is 5.26 Å². The summed E-state index contributed by atoms with van der Waals surface area (Å²) in [5.41, 5.74) is 0.300. The van der Waals surface area contributed by atoms with Crippen LogP contribution in [0.5, 0.6) is 17.4 Å². The molecule has 1 heterocycles. The van der Waals surface area contributed by atoms with Crippen LogP contribution in [0.25, 0.3) is 10.8 Å². The van der Waals surface area contributed by atoms with Gasteiger partial charge in [0.25, 0.3) is 5.56 Å². The number of hydrogen-bond acceptors (Lipinski definition) is 5. The number of rotatable bonds is 6. The lowest BCUT2D eigenvalue weighted by Crippen LogP contribution is -2.25. The molecule has 1 aromatic heterocycles. The molecular weight excluding hydrogens is 344 g/mol. The number of hydrogen-bond donors (Lipinski definition) is 1. The predicted octanol–water partition coefficient (Wildman–Crippen LogP) is 3.62. The van der Waals surface area contributed by atoms with E-state index in [9.17, 15) is 15.2 Å². The monoisotopic (exact) mass is 364 g/mol. The second-order valence-corrected chi connectivity index (χ2v) is 5.98. The fourth-order valence-corrected chi connectivity index (χ4v) is 3.18. The molecule has 0 bridgehead atoms. The van der Waals surface area contributed by atoms with E-state index in [1.165, 1.54) is 10.6 Å². The molecule has 27 heavy (non-hydrogen) atoms. The van der Waals surface area contributed by atoms with Gasteiger partial charge in [-0.05, 0) is 36.1 Å². The minimum absolute atomic E-state index is 0.0176.